The van der Waals surface area contributed by atoms with E-state index in [2.05, 4.69) is 24.8 Å². The minimum absolute atomic E-state index is 0.739. The van der Waals surface area contributed by atoms with Gasteiger partial charge in [0, 0.05) is 25.1 Å². The summed E-state index contributed by atoms with van der Waals surface area (Å²) in [6.45, 7) is 2.73. The lowest BCUT2D eigenvalue weighted by molar-refractivity contribution is 0.801. The van der Waals surface area contributed by atoms with Gasteiger partial charge in [-0.3, -0.25) is 9.97 Å². The number of benzene rings is 1. The molecule has 0 bridgehead atoms. The van der Waals surface area contributed by atoms with Crippen LogP contribution in [0.15, 0.2) is 36.8 Å². The molecule has 0 spiro atoms. The molecule has 5 heteroatoms. The number of fused-ring (bicyclic) bond motifs is 1. The number of anilines is 1. The van der Waals surface area contributed by atoms with Crippen LogP contribution in [-0.4, -0.2) is 19.5 Å². The third kappa shape index (κ3) is 2.27. The van der Waals surface area contributed by atoms with E-state index in [0.29, 0.717) is 0 Å². The van der Waals surface area contributed by atoms with E-state index >= 15 is 0 Å². The van der Waals surface area contributed by atoms with Crippen molar-refractivity contribution < 1.29 is 0 Å². The quantitative estimate of drug-likeness (QED) is 0.778. The second-order valence-electron chi connectivity index (χ2n) is 4.47. The van der Waals surface area contributed by atoms with Gasteiger partial charge in [0.15, 0.2) is 0 Å². The Bertz CT molecular complexity index is 717. The first-order chi connectivity index (χ1) is 9.24. The molecule has 0 unspecified atom stereocenters. The molecule has 0 aliphatic rings. The second-order valence-corrected chi connectivity index (χ2v) is 4.47. The van der Waals surface area contributed by atoms with Crippen molar-refractivity contribution in [2.45, 2.75) is 13.5 Å². The van der Waals surface area contributed by atoms with Crippen LogP contribution in [-0.2, 0) is 13.6 Å². The van der Waals surface area contributed by atoms with Gasteiger partial charge in [0.05, 0.1) is 29.5 Å². The van der Waals surface area contributed by atoms with Gasteiger partial charge in [-0.05, 0) is 25.1 Å². The highest BCUT2D eigenvalue weighted by molar-refractivity contribution is 5.78. The Labute approximate surface area is 111 Å². The normalized spacial score (nSPS) is 10.8. The van der Waals surface area contributed by atoms with Crippen LogP contribution in [0, 0.1) is 6.92 Å². The Morgan fingerprint density at radius 2 is 1.89 bits per heavy atom. The SMILES string of the molecule is Cc1ncc(CNc2ccc3nccnc3c2)n1C. The summed E-state index contributed by atoms with van der Waals surface area (Å²) in [4.78, 5) is 12.8. The zero-order valence-corrected chi connectivity index (χ0v) is 11.0. The maximum atomic E-state index is 4.30. The smallest absolute Gasteiger partial charge is 0.105 e. The molecule has 5 nitrogen and oxygen atoms in total. The Kier molecular flexibility index (Phi) is 2.87. The highest BCUT2D eigenvalue weighted by atomic mass is 15.1. The predicted molar refractivity (Wildman–Crippen MR) is 74.8 cm³/mol. The molecule has 96 valence electrons. The highest BCUT2D eigenvalue weighted by Gasteiger charge is 2.03. The van der Waals surface area contributed by atoms with Crippen LogP contribution in [0.4, 0.5) is 5.69 Å². The van der Waals surface area contributed by atoms with Gasteiger partial charge < -0.3 is 9.88 Å². The molecule has 3 rings (SSSR count). The molecule has 0 saturated heterocycles. The first-order valence-corrected chi connectivity index (χ1v) is 6.16. The molecule has 0 radical (unpaired) electrons. The first kappa shape index (κ1) is 11.6. The van der Waals surface area contributed by atoms with Crippen LogP contribution in [0.5, 0.6) is 0 Å². The summed E-state index contributed by atoms with van der Waals surface area (Å²) in [5.74, 6) is 1.01. The third-order valence-corrected chi connectivity index (χ3v) is 3.26. The Balaban J connectivity index is 1.80. The Morgan fingerprint density at radius 1 is 1.11 bits per heavy atom. The molecule has 0 atom stereocenters. The van der Waals surface area contributed by atoms with Crippen LogP contribution in [0.25, 0.3) is 11.0 Å². The average molecular weight is 253 g/mol. The van der Waals surface area contributed by atoms with Crippen LogP contribution in [0.1, 0.15) is 11.5 Å². The molecular formula is C14H15N5. The van der Waals surface area contributed by atoms with Crippen LogP contribution in [0.2, 0.25) is 0 Å². The molecule has 1 aromatic carbocycles. The zero-order chi connectivity index (χ0) is 13.2. The largest absolute Gasteiger partial charge is 0.379 e. The van der Waals surface area contributed by atoms with Crippen LogP contribution >= 0.6 is 0 Å². The van der Waals surface area contributed by atoms with Gasteiger partial charge in [0.25, 0.3) is 0 Å². The van der Waals surface area contributed by atoms with Gasteiger partial charge in [-0.15, -0.1) is 0 Å². The minimum Gasteiger partial charge on any atom is -0.379 e. The molecule has 1 N–H and O–H groups in total. The van der Waals surface area contributed by atoms with E-state index in [1.165, 1.54) is 0 Å². The maximum Gasteiger partial charge on any atom is 0.105 e. The average Bonchev–Trinajstić information content (AvgIpc) is 2.76. The third-order valence-electron chi connectivity index (χ3n) is 3.26. The fourth-order valence-electron chi connectivity index (χ4n) is 1.98. The Hall–Kier alpha value is -2.43. The molecule has 0 aliphatic carbocycles. The number of nitrogens with zero attached hydrogens (tertiary/aromatic N) is 4. The van der Waals surface area contributed by atoms with Crippen LogP contribution < -0.4 is 5.32 Å². The number of rotatable bonds is 3. The summed E-state index contributed by atoms with van der Waals surface area (Å²) in [6, 6.07) is 5.99. The van der Waals surface area contributed by atoms with Crippen molar-refractivity contribution in [1.29, 1.82) is 0 Å². The summed E-state index contributed by atoms with van der Waals surface area (Å²) in [6.07, 6.45) is 5.30. The topological polar surface area (TPSA) is 55.6 Å². The van der Waals surface area contributed by atoms with E-state index in [9.17, 15) is 0 Å². The fourth-order valence-corrected chi connectivity index (χ4v) is 1.98. The number of nitrogens with one attached hydrogen (secondary N) is 1. The molecular weight excluding hydrogens is 238 g/mol. The van der Waals surface area contributed by atoms with Gasteiger partial charge >= 0.3 is 0 Å². The van der Waals surface area contributed by atoms with Gasteiger partial charge in [-0.2, -0.15) is 0 Å². The molecule has 2 heterocycles. The molecule has 19 heavy (non-hydrogen) atoms. The standard InChI is InChI=1S/C14H15N5/c1-10-17-8-12(19(10)2)9-18-11-3-4-13-14(7-11)16-6-5-15-13/h3-8,18H,9H2,1-2H3. The van der Waals surface area contributed by atoms with Gasteiger partial charge in [0.1, 0.15) is 5.82 Å². The van der Waals surface area contributed by atoms with Gasteiger partial charge in [0.2, 0.25) is 0 Å². The molecule has 0 aliphatic heterocycles. The van der Waals surface area contributed by atoms with E-state index in [-0.39, 0.29) is 0 Å². The lowest BCUT2D eigenvalue weighted by atomic mass is 10.2. The van der Waals surface area contributed by atoms with Crippen molar-refractivity contribution >= 4 is 16.7 Å². The zero-order valence-electron chi connectivity index (χ0n) is 11.0. The molecule has 0 saturated carbocycles. The molecule has 2 aromatic heterocycles. The Morgan fingerprint density at radius 3 is 2.63 bits per heavy atom. The van der Waals surface area contributed by atoms with E-state index in [1.54, 1.807) is 12.4 Å². The van der Waals surface area contributed by atoms with Gasteiger partial charge in [-0.1, -0.05) is 0 Å². The fraction of sp³-hybridized carbons (Fsp3) is 0.214. The molecule has 0 amide bonds. The number of aromatic nitrogens is 4. The minimum atomic E-state index is 0.739. The van der Waals surface area contributed by atoms with E-state index in [0.717, 1.165) is 34.8 Å². The summed E-state index contributed by atoms with van der Waals surface area (Å²) in [5, 5.41) is 3.38. The van der Waals surface area contributed by atoms with E-state index in [1.807, 2.05) is 38.4 Å². The van der Waals surface area contributed by atoms with Crippen LogP contribution in [0.3, 0.4) is 0 Å². The van der Waals surface area contributed by atoms with Crippen molar-refractivity contribution in [3.8, 4) is 0 Å². The summed E-state index contributed by atoms with van der Waals surface area (Å²) in [7, 11) is 2.02. The second kappa shape index (κ2) is 4.68. The molecule has 3 aromatic rings. The number of aryl methyl sites for hydroxylation is 1. The van der Waals surface area contributed by atoms with Crippen molar-refractivity contribution in [2.75, 3.05) is 5.32 Å². The molecule has 0 fully saturated rings. The predicted octanol–water partition coefficient (Wildman–Crippen LogP) is 2.28. The first-order valence-electron chi connectivity index (χ1n) is 6.16. The summed E-state index contributed by atoms with van der Waals surface area (Å²) >= 11 is 0. The number of imidazole rings is 1. The van der Waals surface area contributed by atoms with Crippen molar-refractivity contribution in [3.05, 3.63) is 48.3 Å². The van der Waals surface area contributed by atoms with E-state index in [4.69, 9.17) is 0 Å². The van der Waals surface area contributed by atoms with Gasteiger partial charge in [-0.25, -0.2) is 4.98 Å². The maximum absolute atomic E-state index is 4.30. The number of hydrogen-bond donors (Lipinski definition) is 1. The lowest BCUT2D eigenvalue weighted by Crippen LogP contribution is -2.05. The van der Waals surface area contributed by atoms with Crippen molar-refractivity contribution in [1.82, 2.24) is 19.5 Å². The monoisotopic (exact) mass is 253 g/mol. The summed E-state index contributed by atoms with van der Waals surface area (Å²) < 4.78 is 2.08. The highest BCUT2D eigenvalue weighted by Crippen LogP contribution is 2.16. The van der Waals surface area contributed by atoms with Crippen molar-refractivity contribution in [2.24, 2.45) is 7.05 Å². The van der Waals surface area contributed by atoms with Crippen molar-refractivity contribution in [3.63, 3.8) is 0 Å². The summed E-state index contributed by atoms with van der Waals surface area (Å²) in [5.41, 5.74) is 3.99. The number of hydrogen-bond acceptors (Lipinski definition) is 4. The van der Waals surface area contributed by atoms with E-state index < -0.39 is 0 Å². The lowest BCUT2D eigenvalue weighted by Gasteiger charge is -2.08.